The number of ether oxygens (including phenoxy) is 1. The van der Waals surface area contributed by atoms with Crippen molar-refractivity contribution in [3.05, 3.63) is 258 Å². The monoisotopic (exact) mass is 783 g/mol. The Labute approximate surface area is 359 Å². The predicted molar refractivity (Wildman–Crippen MR) is 254 cm³/mol. The van der Waals surface area contributed by atoms with Gasteiger partial charge in [-0.15, -0.1) is 0 Å². The minimum absolute atomic E-state index is 0.118. The molecule has 0 saturated carbocycles. The Hall–Kier alpha value is -7.42. The highest BCUT2D eigenvalue weighted by molar-refractivity contribution is 5.90. The Morgan fingerprint density at radius 3 is 1.79 bits per heavy atom. The maximum atomic E-state index is 6.85. The van der Waals surface area contributed by atoms with E-state index >= 15 is 0 Å². The lowest BCUT2D eigenvalue weighted by atomic mass is 9.66. The smallest absolute Gasteiger partial charge is 0.132 e. The van der Waals surface area contributed by atoms with Crippen LogP contribution in [0.15, 0.2) is 219 Å². The lowest BCUT2D eigenvalue weighted by Crippen LogP contribution is -2.32. The number of hydrogen-bond acceptors (Lipinski definition) is 2. The Morgan fingerprint density at radius 2 is 1.05 bits per heavy atom. The molecule has 1 aliphatic heterocycles. The molecule has 0 fully saturated rings. The van der Waals surface area contributed by atoms with Gasteiger partial charge in [-0.2, -0.15) is 0 Å². The van der Waals surface area contributed by atoms with E-state index in [-0.39, 0.29) is 5.41 Å². The largest absolute Gasteiger partial charge is 0.457 e. The number of benzene rings is 8. The van der Waals surface area contributed by atoms with Crippen molar-refractivity contribution in [3.8, 4) is 44.9 Å². The molecule has 0 N–H and O–H groups in total. The summed E-state index contributed by atoms with van der Waals surface area (Å²) >= 11 is 0. The first-order chi connectivity index (χ1) is 30.0. The van der Waals surface area contributed by atoms with Crippen LogP contribution in [0.25, 0.3) is 33.4 Å². The molecular formula is C59H45NO. The number of rotatable bonds is 8. The van der Waals surface area contributed by atoms with Crippen molar-refractivity contribution in [2.45, 2.75) is 31.1 Å². The summed E-state index contributed by atoms with van der Waals surface area (Å²) in [7, 11) is 0. The van der Waals surface area contributed by atoms with Gasteiger partial charge in [-0.1, -0.05) is 190 Å². The van der Waals surface area contributed by atoms with Crippen LogP contribution in [0.3, 0.4) is 0 Å². The summed E-state index contributed by atoms with van der Waals surface area (Å²) in [6, 6.07) is 66.9. The van der Waals surface area contributed by atoms with E-state index in [1.54, 1.807) is 6.08 Å². The van der Waals surface area contributed by atoms with Crippen LogP contribution in [0.1, 0.15) is 52.8 Å². The van der Waals surface area contributed by atoms with Gasteiger partial charge in [0, 0.05) is 33.6 Å². The van der Waals surface area contributed by atoms with Crippen molar-refractivity contribution in [2.24, 2.45) is 0 Å². The summed E-state index contributed by atoms with van der Waals surface area (Å²) in [5.74, 6) is 1.79. The van der Waals surface area contributed by atoms with Gasteiger partial charge >= 0.3 is 0 Å². The van der Waals surface area contributed by atoms with Crippen LogP contribution in [-0.2, 0) is 17.3 Å². The standard InChI is InChI=1S/C59H45NO/c1-4-5-6-7-8-19-41-20-9-17-28-55(41)60(44-35-36-48-45-21-10-13-24-49(45)58(2,3)54(48)39-44)43-33-30-40(31-34-43)42-32-37-53-57(38-42)61-56-29-18-16-27-52(56)59(53)50-25-14-11-22-46(50)47-23-12-15-26-51(47)59/h4-18,20-39H,1,19H2,2-3H3/b6-5-,8-7-. The number of fused-ring (bicyclic) bond motifs is 12. The molecule has 11 rings (SSSR count). The molecule has 1 spiro atoms. The summed E-state index contributed by atoms with van der Waals surface area (Å²) in [4.78, 5) is 2.43. The first kappa shape index (κ1) is 36.6. The highest BCUT2D eigenvalue weighted by Gasteiger charge is 2.51. The lowest BCUT2D eigenvalue weighted by molar-refractivity contribution is 0.436. The number of anilines is 3. The molecule has 8 aromatic carbocycles. The van der Waals surface area contributed by atoms with Crippen LogP contribution in [0, 0.1) is 0 Å². The molecule has 0 unspecified atom stereocenters. The average molecular weight is 784 g/mol. The van der Waals surface area contributed by atoms with Crippen LogP contribution in [0.2, 0.25) is 0 Å². The van der Waals surface area contributed by atoms with Crippen LogP contribution in [0.5, 0.6) is 11.5 Å². The number of para-hydroxylation sites is 2. The van der Waals surface area contributed by atoms with Crippen molar-refractivity contribution >= 4 is 17.1 Å². The Kier molecular flexibility index (Phi) is 8.65. The molecular weight excluding hydrogens is 739 g/mol. The first-order valence-corrected chi connectivity index (χ1v) is 21.3. The third-order valence-corrected chi connectivity index (χ3v) is 13.2. The summed E-state index contributed by atoms with van der Waals surface area (Å²) in [6.45, 7) is 8.52. The van der Waals surface area contributed by atoms with Crippen molar-refractivity contribution < 1.29 is 4.74 Å². The molecule has 2 nitrogen and oxygen atoms in total. The summed E-state index contributed by atoms with van der Waals surface area (Å²) < 4.78 is 6.85. The van der Waals surface area contributed by atoms with Gasteiger partial charge in [0.2, 0.25) is 0 Å². The van der Waals surface area contributed by atoms with Gasteiger partial charge in [0.15, 0.2) is 0 Å². The van der Waals surface area contributed by atoms with Crippen LogP contribution in [0.4, 0.5) is 17.1 Å². The van der Waals surface area contributed by atoms with Gasteiger partial charge in [0.05, 0.1) is 5.41 Å². The normalized spacial score (nSPS) is 14.5. The van der Waals surface area contributed by atoms with Gasteiger partial charge in [-0.3, -0.25) is 0 Å². The molecule has 0 aromatic heterocycles. The third-order valence-electron chi connectivity index (χ3n) is 13.2. The van der Waals surface area contributed by atoms with Gasteiger partial charge in [0.25, 0.3) is 0 Å². The maximum Gasteiger partial charge on any atom is 0.132 e. The number of hydrogen-bond donors (Lipinski definition) is 0. The summed E-state index contributed by atoms with van der Waals surface area (Å²) in [5, 5.41) is 0. The molecule has 8 aromatic rings. The number of nitrogens with zero attached hydrogens (tertiary/aromatic N) is 1. The van der Waals surface area contributed by atoms with E-state index < -0.39 is 5.41 Å². The molecule has 61 heavy (non-hydrogen) atoms. The molecule has 0 amide bonds. The van der Waals surface area contributed by atoms with E-state index in [1.165, 1.54) is 61.2 Å². The topological polar surface area (TPSA) is 12.5 Å². The van der Waals surface area contributed by atoms with Gasteiger partial charge in [-0.05, 0) is 110 Å². The fraction of sp³-hybridized carbons (Fsp3) is 0.0847. The molecule has 0 saturated heterocycles. The maximum absolute atomic E-state index is 6.85. The molecule has 0 radical (unpaired) electrons. The predicted octanol–water partition coefficient (Wildman–Crippen LogP) is 15.4. The van der Waals surface area contributed by atoms with Crippen LogP contribution in [-0.4, -0.2) is 0 Å². The van der Waals surface area contributed by atoms with Gasteiger partial charge in [0.1, 0.15) is 11.5 Å². The van der Waals surface area contributed by atoms with E-state index in [0.29, 0.717) is 0 Å². The fourth-order valence-electron chi connectivity index (χ4n) is 10.4. The second-order valence-electron chi connectivity index (χ2n) is 16.8. The zero-order chi connectivity index (χ0) is 41.1. The molecule has 0 atom stereocenters. The van der Waals surface area contributed by atoms with Crippen molar-refractivity contribution in [1.82, 2.24) is 0 Å². The fourth-order valence-corrected chi connectivity index (χ4v) is 10.4. The van der Waals surface area contributed by atoms with Crippen LogP contribution < -0.4 is 9.64 Å². The molecule has 2 heteroatoms. The minimum Gasteiger partial charge on any atom is -0.457 e. The lowest BCUT2D eigenvalue weighted by Gasteiger charge is -2.39. The Bertz CT molecular complexity index is 3040. The van der Waals surface area contributed by atoms with E-state index in [0.717, 1.165) is 46.1 Å². The van der Waals surface area contributed by atoms with E-state index in [2.05, 4.69) is 219 Å². The molecule has 0 bridgehead atoms. The van der Waals surface area contributed by atoms with Crippen molar-refractivity contribution in [3.63, 3.8) is 0 Å². The van der Waals surface area contributed by atoms with Gasteiger partial charge < -0.3 is 9.64 Å². The second kappa shape index (κ2) is 14.4. The summed E-state index contributed by atoms with van der Waals surface area (Å²) in [5.41, 5.74) is 19.2. The van der Waals surface area contributed by atoms with Gasteiger partial charge in [-0.25, -0.2) is 0 Å². The minimum atomic E-state index is -0.476. The molecule has 1 heterocycles. The third kappa shape index (κ3) is 5.63. The van der Waals surface area contributed by atoms with E-state index in [9.17, 15) is 0 Å². The zero-order valence-electron chi connectivity index (χ0n) is 34.5. The van der Waals surface area contributed by atoms with E-state index in [4.69, 9.17) is 4.74 Å². The number of allylic oxidation sites excluding steroid dienone is 5. The SMILES string of the molecule is C=C/C=C\C=C/Cc1ccccc1N(c1ccc(-c2ccc3c(c2)Oc2ccccc2C32c3ccccc3-c3ccccc32)cc1)c1ccc2c(c1)C(C)(C)c1ccccc1-2. The van der Waals surface area contributed by atoms with Crippen molar-refractivity contribution in [1.29, 1.82) is 0 Å². The highest BCUT2D eigenvalue weighted by atomic mass is 16.5. The first-order valence-electron chi connectivity index (χ1n) is 21.3. The van der Waals surface area contributed by atoms with Crippen LogP contribution >= 0.6 is 0 Å². The summed E-state index contributed by atoms with van der Waals surface area (Å²) in [6.07, 6.45) is 10.9. The van der Waals surface area contributed by atoms with E-state index in [1.807, 2.05) is 12.2 Å². The second-order valence-corrected chi connectivity index (χ2v) is 16.8. The Morgan fingerprint density at radius 1 is 0.475 bits per heavy atom. The van der Waals surface area contributed by atoms with Crippen molar-refractivity contribution in [2.75, 3.05) is 4.90 Å². The molecule has 3 aliphatic rings. The quantitative estimate of drug-likeness (QED) is 0.142. The average Bonchev–Trinajstić information content (AvgIpc) is 3.72. The zero-order valence-corrected chi connectivity index (χ0v) is 34.5. The highest BCUT2D eigenvalue weighted by Crippen LogP contribution is 2.62. The molecule has 2 aliphatic carbocycles. The molecule has 292 valence electrons. The Balaban J connectivity index is 1.02.